The second-order valence-electron chi connectivity index (χ2n) is 7.38. The van der Waals surface area contributed by atoms with E-state index < -0.39 is 0 Å². The molecule has 2 heterocycles. The highest BCUT2D eigenvalue weighted by molar-refractivity contribution is 14.0. The van der Waals surface area contributed by atoms with Crippen molar-refractivity contribution in [1.29, 1.82) is 0 Å². The highest BCUT2D eigenvalue weighted by Crippen LogP contribution is 2.14. The summed E-state index contributed by atoms with van der Waals surface area (Å²) in [6.07, 6.45) is 6.64. The number of piperidine rings is 1. The third-order valence-electron chi connectivity index (χ3n) is 5.28. The van der Waals surface area contributed by atoms with Gasteiger partial charge in [-0.25, -0.2) is 0 Å². The lowest BCUT2D eigenvalue weighted by atomic mass is 10.0. The van der Waals surface area contributed by atoms with Crippen LogP contribution in [0.4, 0.5) is 0 Å². The van der Waals surface area contributed by atoms with Crippen LogP contribution in [0.5, 0.6) is 0 Å². The zero-order valence-corrected chi connectivity index (χ0v) is 19.4. The van der Waals surface area contributed by atoms with Gasteiger partial charge in [0.2, 0.25) is 0 Å². The van der Waals surface area contributed by atoms with Crippen LogP contribution in [0.15, 0.2) is 47.0 Å². The summed E-state index contributed by atoms with van der Waals surface area (Å²) in [4.78, 5) is 7.34. The summed E-state index contributed by atoms with van der Waals surface area (Å²) < 4.78 is 5.37. The third-order valence-corrected chi connectivity index (χ3v) is 5.28. The first-order valence-electron chi connectivity index (χ1n) is 10.4. The lowest BCUT2D eigenvalue weighted by Crippen LogP contribution is -2.48. The molecule has 2 aliphatic rings. The van der Waals surface area contributed by atoms with Crippen molar-refractivity contribution in [2.45, 2.75) is 45.2 Å². The molecule has 156 valence electrons. The van der Waals surface area contributed by atoms with E-state index in [0.29, 0.717) is 6.04 Å². The first-order chi connectivity index (χ1) is 13.3. The van der Waals surface area contributed by atoms with Crippen molar-refractivity contribution >= 4 is 29.9 Å². The standard InChI is InChI=1S/C22H34N4O.HI/c1-2-23-22(24-13-8-19-11-16-27-17-12-19)25-21-9-14-26(15-10-21)18-20-6-4-3-5-7-20;/h3-7,11,21H,2,8-10,12-18H2,1H3,(H2,23,24,25);1H. The molecule has 28 heavy (non-hydrogen) atoms. The Morgan fingerprint density at radius 2 is 2.00 bits per heavy atom. The highest BCUT2D eigenvalue weighted by atomic mass is 127. The molecule has 0 amide bonds. The number of nitrogens with one attached hydrogen (secondary N) is 2. The molecule has 6 heteroatoms. The first-order valence-corrected chi connectivity index (χ1v) is 10.4. The Hall–Kier alpha value is -1.12. The molecule has 0 saturated carbocycles. The largest absolute Gasteiger partial charge is 0.377 e. The number of ether oxygens (including phenoxy) is 1. The van der Waals surface area contributed by atoms with E-state index in [-0.39, 0.29) is 24.0 Å². The van der Waals surface area contributed by atoms with E-state index in [9.17, 15) is 0 Å². The number of aliphatic imine (C=N–C) groups is 1. The Morgan fingerprint density at radius 1 is 1.21 bits per heavy atom. The number of guanidine groups is 1. The fourth-order valence-electron chi connectivity index (χ4n) is 3.69. The Balaban J connectivity index is 0.00000280. The van der Waals surface area contributed by atoms with E-state index in [4.69, 9.17) is 9.73 Å². The summed E-state index contributed by atoms with van der Waals surface area (Å²) in [7, 11) is 0. The van der Waals surface area contributed by atoms with Gasteiger partial charge in [-0.05, 0) is 38.2 Å². The van der Waals surface area contributed by atoms with Gasteiger partial charge in [0.05, 0.1) is 13.2 Å². The maximum Gasteiger partial charge on any atom is 0.191 e. The number of likely N-dealkylation sites (tertiary alicyclic amines) is 1. The molecule has 3 rings (SSSR count). The van der Waals surface area contributed by atoms with E-state index in [1.807, 2.05) is 0 Å². The van der Waals surface area contributed by atoms with Gasteiger partial charge < -0.3 is 15.4 Å². The van der Waals surface area contributed by atoms with Crippen molar-refractivity contribution in [1.82, 2.24) is 15.5 Å². The van der Waals surface area contributed by atoms with Crippen LogP contribution in [0.25, 0.3) is 0 Å². The summed E-state index contributed by atoms with van der Waals surface area (Å²) in [5, 5.41) is 7.05. The number of hydrogen-bond donors (Lipinski definition) is 2. The molecule has 1 saturated heterocycles. The molecule has 0 aliphatic carbocycles. The molecule has 0 radical (unpaired) electrons. The van der Waals surface area contributed by atoms with Crippen LogP contribution < -0.4 is 10.6 Å². The molecule has 2 N–H and O–H groups in total. The fraction of sp³-hybridized carbons (Fsp3) is 0.591. The predicted molar refractivity (Wildman–Crippen MR) is 127 cm³/mol. The third kappa shape index (κ3) is 8.09. The molecule has 0 aromatic heterocycles. The van der Waals surface area contributed by atoms with Crippen molar-refractivity contribution < 1.29 is 4.74 Å². The normalized spacial score (nSPS) is 18.9. The van der Waals surface area contributed by atoms with Crippen molar-refractivity contribution in [3.8, 4) is 0 Å². The van der Waals surface area contributed by atoms with E-state index >= 15 is 0 Å². The topological polar surface area (TPSA) is 48.9 Å². The maximum atomic E-state index is 5.37. The number of hydrogen-bond acceptors (Lipinski definition) is 3. The maximum absolute atomic E-state index is 5.37. The molecule has 0 bridgehead atoms. The van der Waals surface area contributed by atoms with Gasteiger partial charge in [-0.1, -0.05) is 42.0 Å². The van der Waals surface area contributed by atoms with Gasteiger partial charge in [0.15, 0.2) is 5.96 Å². The van der Waals surface area contributed by atoms with Gasteiger partial charge in [0.1, 0.15) is 0 Å². The summed E-state index contributed by atoms with van der Waals surface area (Å²) >= 11 is 0. The van der Waals surface area contributed by atoms with Crippen LogP contribution in [0, 0.1) is 0 Å². The predicted octanol–water partition coefficient (Wildman–Crippen LogP) is 3.56. The van der Waals surface area contributed by atoms with Gasteiger partial charge in [-0.15, -0.1) is 24.0 Å². The fourth-order valence-corrected chi connectivity index (χ4v) is 3.69. The van der Waals surface area contributed by atoms with E-state index in [0.717, 1.165) is 64.7 Å². The molecule has 2 aliphatic heterocycles. The average molecular weight is 498 g/mol. The van der Waals surface area contributed by atoms with Crippen molar-refractivity contribution in [3.63, 3.8) is 0 Å². The molecular weight excluding hydrogens is 463 g/mol. The van der Waals surface area contributed by atoms with Gasteiger partial charge in [0, 0.05) is 38.8 Å². The van der Waals surface area contributed by atoms with E-state index in [2.05, 4.69) is 58.9 Å². The number of rotatable bonds is 7. The monoisotopic (exact) mass is 498 g/mol. The minimum absolute atomic E-state index is 0. The zero-order chi connectivity index (χ0) is 18.7. The Morgan fingerprint density at radius 3 is 2.68 bits per heavy atom. The Bertz CT molecular complexity index is 612. The zero-order valence-electron chi connectivity index (χ0n) is 17.0. The number of benzene rings is 1. The van der Waals surface area contributed by atoms with E-state index in [1.165, 1.54) is 24.0 Å². The smallest absolute Gasteiger partial charge is 0.191 e. The summed E-state index contributed by atoms with van der Waals surface area (Å²) in [5.74, 6) is 0.965. The minimum Gasteiger partial charge on any atom is -0.377 e. The van der Waals surface area contributed by atoms with Gasteiger partial charge in [-0.3, -0.25) is 9.89 Å². The molecule has 1 aromatic rings. The van der Waals surface area contributed by atoms with Gasteiger partial charge >= 0.3 is 0 Å². The van der Waals surface area contributed by atoms with E-state index in [1.54, 1.807) is 0 Å². The molecule has 1 fully saturated rings. The highest BCUT2D eigenvalue weighted by Gasteiger charge is 2.20. The van der Waals surface area contributed by atoms with Gasteiger partial charge in [0.25, 0.3) is 0 Å². The molecule has 1 aromatic carbocycles. The summed E-state index contributed by atoms with van der Waals surface area (Å²) in [6, 6.07) is 11.3. The SMILES string of the molecule is CCNC(=NCCC1=CCOCC1)NC1CCN(Cc2ccccc2)CC1.I. The first kappa shape index (κ1) is 23.2. The van der Waals surface area contributed by atoms with Crippen molar-refractivity contribution in [2.75, 3.05) is 39.4 Å². The number of halogens is 1. The molecule has 0 atom stereocenters. The second kappa shape index (κ2) is 13.2. The Labute approximate surface area is 187 Å². The molecule has 5 nitrogen and oxygen atoms in total. The summed E-state index contributed by atoms with van der Waals surface area (Å²) in [5.41, 5.74) is 2.89. The van der Waals surface area contributed by atoms with Crippen LogP contribution in [-0.2, 0) is 11.3 Å². The van der Waals surface area contributed by atoms with Crippen LogP contribution in [0.1, 0.15) is 38.2 Å². The van der Waals surface area contributed by atoms with Crippen LogP contribution >= 0.6 is 24.0 Å². The quantitative estimate of drug-likeness (QED) is 0.261. The summed E-state index contributed by atoms with van der Waals surface area (Å²) in [6.45, 7) is 8.82. The number of nitrogens with zero attached hydrogens (tertiary/aromatic N) is 2. The van der Waals surface area contributed by atoms with Gasteiger partial charge in [-0.2, -0.15) is 0 Å². The molecule has 0 spiro atoms. The Kier molecular flexibility index (Phi) is 10.9. The molecule has 0 unspecified atom stereocenters. The minimum atomic E-state index is 0. The lowest BCUT2D eigenvalue weighted by molar-refractivity contribution is 0.153. The lowest BCUT2D eigenvalue weighted by Gasteiger charge is -2.33. The van der Waals surface area contributed by atoms with Crippen LogP contribution in [0.3, 0.4) is 0 Å². The average Bonchev–Trinajstić information content (AvgIpc) is 2.71. The second-order valence-corrected chi connectivity index (χ2v) is 7.38. The molecular formula is C22H35IN4O. The van der Waals surface area contributed by atoms with Crippen LogP contribution in [0.2, 0.25) is 0 Å². The van der Waals surface area contributed by atoms with Crippen LogP contribution in [-0.4, -0.2) is 56.3 Å². The van der Waals surface area contributed by atoms with Crippen molar-refractivity contribution in [3.05, 3.63) is 47.5 Å². The van der Waals surface area contributed by atoms with Crippen molar-refractivity contribution in [2.24, 2.45) is 4.99 Å².